The highest BCUT2D eigenvalue weighted by molar-refractivity contribution is 14.2. The van der Waals surface area contributed by atoms with E-state index in [0.717, 1.165) is 11.0 Å². The van der Waals surface area contributed by atoms with E-state index in [1.54, 1.807) is 17.0 Å². The summed E-state index contributed by atoms with van der Waals surface area (Å²) in [6.07, 6.45) is 1.93. The minimum Gasteiger partial charge on any atom is -0.492 e. The van der Waals surface area contributed by atoms with Crippen LogP contribution in [0.3, 0.4) is 0 Å². The van der Waals surface area contributed by atoms with Gasteiger partial charge in [0.05, 0.1) is 37.5 Å². The van der Waals surface area contributed by atoms with Crippen LogP contribution in [0.25, 0.3) is 11.0 Å². The summed E-state index contributed by atoms with van der Waals surface area (Å²) in [7, 11) is 1.51. The number of halogens is 1. The second kappa shape index (κ2) is 10.6. The molecule has 9 nitrogen and oxygen atoms in total. The topological polar surface area (TPSA) is 90.7 Å². The van der Waals surface area contributed by atoms with Gasteiger partial charge in [0.25, 0.3) is 5.91 Å². The van der Waals surface area contributed by atoms with Crippen LogP contribution in [0.5, 0.6) is 11.6 Å². The molecule has 0 bridgehead atoms. The maximum Gasteiger partial charge on any atom is 0.254 e. The summed E-state index contributed by atoms with van der Waals surface area (Å²) < 4.78 is 18.9. The van der Waals surface area contributed by atoms with Crippen molar-refractivity contribution in [3.05, 3.63) is 36.0 Å². The average Bonchev–Trinajstić information content (AvgIpc) is 3.24. The Bertz CT molecular complexity index is 1100. The standard InChI is InChI=1S/C21H24IN5O4S/c1-3-30-17-13-14(20(28)26-9-11-29-12-10-26)5-6-16(17)23-21-24-18-15(7-8-27(18)32-22)19(25-21)31-4-2/h5-8,13H,3-4,9-12H2,1-2H3,(H,23,24,25). The van der Waals surface area contributed by atoms with Gasteiger partial charge in [-0.3, -0.25) is 8.77 Å². The van der Waals surface area contributed by atoms with Crippen molar-refractivity contribution in [2.45, 2.75) is 13.8 Å². The zero-order valence-electron chi connectivity index (χ0n) is 17.8. The van der Waals surface area contributed by atoms with E-state index in [2.05, 4.69) is 36.5 Å². The van der Waals surface area contributed by atoms with Crippen molar-refractivity contribution in [1.29, 1.82) is 0 Å². The average molecular weight is 569 g/mol. The molecule has 32 heavy (non-hydrogen) atoms. The highest BCUT2D eigenvalue weighted by atomic mass is 127. The summed E-state index contributed by atoms with van der Waals surface area (Å²) in [5.74, 6) is 1.43. The predicted octanol–water partition coefficient (Wildman–Crippen LogP) is 4.29. The van der Waals surface area contributed by atoms with Gasteiger partial charge in [-0.2, -0.15) is 9.97 Å². The smallest absolute Gasteiger partial charge is 0.254 e. The molecule has 0 saturated carbocycles. The largest absolute Gasteiger partial charge is 0.492 e. The van der Waals surface area contributed by atoms with Crippen LogP contribution in [0.2, 0.25) is 0 Å². The number of hydrogen-bond donors (Lipinski definition) is 1. The summed E-state index contributed by atoms with van der Waals surface area (Å²) in [5, 5.41) is 4.08. The third kappa shape index (κ3) is 4.89. The molecule has 3 aromatic rings. The summed E-state index contributed by atoms with van der Waals surface area (Å²) in [6, 6.07) is 7.30. The van der Waals surface area contributed by atoms with E-state index in [4.69, 9.17) is 14.2 Å². The molecule has 1 N–H and O–H groups in total. The zero-order valence-corrected chi connectivity index (χ0v) is 20.8. The van der Waals surface area contributed by atoms with Crippen molar-refractivity contribution < 1.29 is 19.0 Å². The van der Waals surface area contributed by atoms with Crippen LogP contribution >= 0.6 is 30.3 Å². The van der Waals surface area contributed by atoms with E-state index in [-0.39, 0.29) is 5.91 Å². The minimum absolute atomic E-state index is 0.0333. The summed E-state index contributed by atoms with van der Waals surface area (Å²) in [6.45, 7) is 7.07. The third-order valence-electron chi connectivity index (χ3n) is 4.90. The lowest BCUT2D eigenvalue weighted by Gasteiger charge is -2.27. The van der Waals surface area contributed by atoms with E-state index in [9.17, 15) is 4.79 Å². The first kappa shape index (κ1) is 22.9. The number of ether oxygens (including phenoxy) is 3. The van der Waals surface area contributed by atoms with Crippen molar-refractivity contribution in [3.8, 4) is 11.6 Å². The lowest BCUT2D eigenvalue weighted by Crippen LogP contribution is -2.40. The predicted molar refractivity (Wildman–Crippen MR) is 133 cm³/mol. The molecule has 1 saturated heterocycles. The van der Waals surface area contributed by atoms with Crippen LogP contribution in [-0.2, 0) is 4.74 Å². The molecular weight excluding hydrogens is 545 g/mol. The van der Waals surface area contributed by atoms with E-state index < -0.39 is 0 Å². The molecule has 11 heteroatoms. The first-order valence-corrected chi connectivity index (χ1v) is 13.7. The number of anilines is 2. The van der Waals surface area contributed by atoms with Crippen LogP contribution < -0.4 is 14.8 Å². The minimum atomic E-state index is -0.0333. The zero-order chi connectivity index (χ0) is 22.5. The number of carbonyl (C=O) groups excluding carboxylic acids is 1. The highest BCUT2D eigenvalue weighted by Gasteiger charge is 2.20. The molecule has 1 amide bonds. The Morgan fingerprint density at radius 2 is 1.97 bits per heavy atom. The molecule has 1 aliphatic rings. The lowest BCUT2D eigenvalue weighted by atomic mass is 10.1. The molecule has 0 aliphatic carbocycles. The number of morpholine rings is 1. The number of aromatic nitrogens is 3. The van der Waals surface area contributed by atoms with Gasteiger partial charge in [-0.1, -0.05) is 0 Å². The fourth-order valence-corrected chi connectivity index (χ4v) is 4.69. The SMILES string of the molecule is CCOc1cc(C(=O)N2CCOCC2)ccc1Nc1nc(OCC)c2ccn(SI)c2n1. The number of hydrogen-bond acceptors (Lipinski definition) is 8. The number of benzene rings is 1. The number of fused-ring (bicyclic) bond motifs is 1. The fourth-order valence-electron chi connectivity index (χ4n) is 3.43. The van der Waals surface area contributed by atoms with Crippen LogP contribution in [-0.4, -0.2) is 64.3 Å². The van der Waals surface area contributed by atoms with Gasteiger partial charge in [-0.05, 0) is 38.1 Å². The van der Waals surface area contributed by atoms with Crippen LogP contribution in [0.4, 0.5) is 11.6 Å². The number of nitrogens with one attached hydrogen (secondary N) is 1. The Morgan fingerprint density at radius 1 is 1.19 bits per heavy atom. The van der Waals surface area contributed by atoms with Gasteiger partial charge in [0.1, 0.15) is 5.75 Å². The lowest BCUT2D eigenvalue weighted by molar-refractivity contribution is 0.0302. The van der Waals surface area contributed by atoms with Crippen molar-refractivity contribution >= 4 is 58.9 Å². The Morgan fingerprint density at radius 3 is 2.69 bits per heavy atom. The summed E-state index contributed by atoms with van der Waals surface area (Å²) in [5.41, 5.74) is 2.00. The van der Waals surface area contributed by atoms with Crippen molar-refractivity contribution in [2.24, 2.45) is 0 Å². The number of rotatable bonds is 8. The van der Waals surface area contributed by atoms with Gasteiger partial charge in [-0.15, -0.1) is 0 Å². The van der Waals surface area contributed by atoms with Gasteiger partial charge < -0.3 is 24.4 Å². The quantitative estimate of drug-likeness (QED) is 0.402. The number of nitrogens with zero attached hydrogens (tertiary/aromatic N) is 4. The maximum absolute atomic E-state index is 12.9. The van der Waals surface area contributed by atoms with Crippen LogP contribution in [0.1, 0.15) is 24.2 Å². The normalized spacial score (nSPS) is 13.9. The summed E-state index contributed by atoms with van der Waals surface area (Å²) in [4.78, 5) is 23.9. The highest BCUT2D eigenvalue weighted by Crippen LogP contribution is 2.33. The molecule has 3 heterocycles. The van der Waals surface area contributed by atoms with Gasteiger partial charge in [0.15, 0.2) is 5.65 Å². The maximum atomic E-state index is 12.9. The van der Waals surface area contributed by atoms with Gasteiger partial charge in [0.2, 0.25) is 11.8 Å². The first-order valence-electron chi connectivity index (χ1n) is 10.4. The Kier molecular flexibility index (Phi) is 7.58. The third-order valence-corrected chi connectivity index (χ3v) is 6.62. The molecule has 2 aromatic heterocycles. The van der Waals surface area contributed by atoms with Crippen LogP contribution in [0, 0.1) is 0 Å². The second-order valence-electron chi connectivity index (χ2n) is 6.91. The van der Waals surface area contributed by atoms with Crippen LogP contribution in [0.15, 0.2) is 30.5 Å². The molecule has 0 spiro atoms. The van der Waals surface area contributed by atoms with Crippen molar-refractivity contribution in [2.75, 3.05) is 44.8 Å². The number of carbonyl (C=O) groups is 1. The Balaban J connectivity index is 1.66. The molecular formula is C21H24IN5O4S. The molecule has 4 rings (SSSR count). The van der Waals surface area contributed by atoms with Crippen molar-refractivity contribution in [3.63, 3.8) is 0 Å². The van der Waals surface area contributed by atoms with Gasteiger partial charge in [-0.25, -0.2) is 0 Å². The summed E-state index contributed by atoms with van der Waals surface area (Å²) >= 11 is 2.20. The Labute approximate surface area is 202 Å². The molecule has 1 aromatic carbocycles. The van der Waals surface area contributed by atoms with E-state index in [1.807, 2.05) is 36.1 Å². The van der Waals surface area contributed by atoms with Gasteiger partial charge in [0, 0.05) is 55.2 Å². The van der Waals surface area contributed by atoms with Crippen molar-refractivity contribution in [1.82, 2.24) is 18.8 Å². The number of amides is 1. The van der Waals surface area contributed by atoms with E-state index in [1.165, 1.54) is 9.12 Å². The van der Waals surface area contributed by atoms with Gasteiger partial charge >= 0.3 is 0 Å². The van der Waals surface area contributed by atoms with E-state index >= 15 is 0 Å². The Hall–Kier alpha value is -2.25. The molecule has 170 valence electrons. The molecule has 0 unspecified atom stereocenters. The first-order chi connectivity index (χ1) is 15.6. The molecule has 1 fully saturated rings. The fraction of sp³-hybridized carbons (Fsp3) is 0.381. The molecule has 0 radical (unpaired) electrons. The molecule has 1 aliphatic heterocycles. The molecule has 0 atom stereocenters. The second-order valence-corrected chi connectivity index (χ2v) is 8.62. The van der Waals surface area contributed by atoms with E-state index in [0.29, 0.717) is 68.3 Å². The monoisotopic (exact) mass is 569 g/mol.